The van der Waals surface area contributed by atoms with Crippen LogP contribution in [0.5, 0.6) is 5.75 Å². The molecule has 0 saturated heterocycles. The summed E-state index contributed by atoms with van der Waals surface area (Å²) in [7, 11) is 3.77. The van der Waals surface area contributed by atoms with Crippen molar-refractivity contribution in [1.29, 1.82) is 0 Å². The summed E-state index contributed by atoms with van der Waals surface area (Å²) in [4.78, 5) is 0. The molecule has 3 heteroatoms. The Hall–Kier alpha value is -2.81. The highest BCUT2D eigenvalue weighted by atomic mass is 16.5. The summed E-state index contributed by atoms with van der Waals surface area (Å²) in [5.74, 6) is 0.870. The van der Waals surface area contributed by atoms with Gasteiger partial charge in [0, 0.05) is 23.8 Å². The molecule has 0 aliphatic heterocycles. The molecule has 0 radical (unpaired) electrons. The fourth-order valence-electron chi connectivity index (χ4n) is 3.16. The number of hydrogen-bond acceptors (Lipinski definition) is 2. The number of furan rings is 1. The van der Waals surface area contributed by atoms with Crippen LogP contribution in [-0.2, 0) is 7.05 Å². The molecule has 0 amide bonds. The number of fused-ring (bicyclic) bond motifs is 3. The Morgan fingerprint density at radius 1 is 0.957 bits per heavy atom. The van der Waals surface area contributed by atoms with E-state index in [1.807, 2.05) is 36.4 Å². The summed E-state index contributed by atoms with van der Waals surface area (Å²) >= 11 is 0. The SMILES string of the molecule is COc1ccccc1-c1cc2c(oc3ccccc32)c(C)[n+]1C. The van der Waals surface area contributed by atoms with Crippen LogP contribution in [0.15, 0.2) is 59.0 Å². The third-order valence-corrected chi connectivity index (χ3v) is 4.49. The molecule has 23 heavy (non-hydrogen) atoms. The lowest BCUT2D eigenvalue weighted by Gasteiger charge is -2.08. The average molecular weight is 304 g/mol. The van der Waals surface area contributed by atoms with Crippen molar-refractivity contribution in [2.75, 3.05) is 7.11 Å². The lowest BCUT2D eigenvalue weighted by atomic mass is 10.1. The maximum atomic E-state index is 6.06. The van der Waals surface area contributed by atoms with Crippen molar-refractivity contribution >= 4 is 21.9 Å². The van der Waals surface area contributed by atoms with Gasteiger partial charge in [0.1, 0.15) is 18.4 Å². The molecule has 4 rings (SSSR count). The van der Waals surface area contributed by atoms with Gasteiger partial charge >= 0.3 is 0 Å². The van der Waals surface area contributed by atoms with Gasteiger partial charge in [0.2, 0.25) is 17.0 Å². The molecule has 0 bridgehead atoms. The molecule has 0 saturated carbocycles. The van der Waals surface area contributed by atoms with E-state index in [2.05, 4.69) is 36.7 Å². The molecule has 0 N–H and O–H groups in total. The highest BCUT2D eigenvalue weighted by Gasteiger charge is 2.22. The maximum absolute atomic E-state index is 6.06. The van der Waals surface area contributed by atoms with Gasteiger partial charge < -0.3 is 9.15 Å². The minimum absolute atomic E-state index is 0.870. The van der Waals surface area contributed by atoms with Crippen LogP contribution in [0.3, 0.4) is 0 Å². The van der Waals surface area contributed by atoms with E-state index in [0.717, 1.165) is 44.6 Å². The fraction of sp³-hybridized carbons (Fsp3) is 0.150. The number of aryl methyl sites for hydroxylation is 1. The van der Waals surface area contributed by atoms with Crippen LogP contribution >= 0.6 is 0 Å². The minimum Gasteiger partial charge on any atom is -0.496 e. The Kier molecular flexibility index (Phi) is 3.08. The zero-order valence-corrected chi connectivity index (χ0v) is 13.5. The Morgan fingerprint density at radius 2 is 1.70 bits per heavy atom. The molecule has 0 atom stereocenters. The number of benzene rings is 2. The summed E-state index contributed by atoms with van der Waals surface area (Å²) < 4.78 is 13.8. The third-order valence-electron chi connectivity index (χ3n) is 4.49. The van der Waals surface area contributed by atoms with Gasteiger partial charge in [0.25, 0.3) is 0 Å². The van der Waals surface area contributed by atoms with E-state index >= 15 is 0 Å². The Bertz CT molecular complexity index is 1030. The van der Waals surface area contributed by atoms with Crippen LogP contribution in [0.2, 0.25) is 0 Å². The lowest BCUT2D eigenvalue weighted by molar-refractivity contribution is -0.665. The molecule has 0 aliphatic carbocycles. The summed E-state index contributed by atoms with van der Waals surface area (Å²) in [6, 6.07) is 18.4. The van der Waals surface area contributed by atoms with E-state index in [0.29, 0.717) is 0 Å². The standard InChI is InChI=1S/C20H18NO2/c1-13-20-16(14-8-4-7-11-19(14)23-20)12-17(21(13)2)15-9-5-6-10-18(15)22-3/h4-12H,1-3H3/q+1. The summed E-state index contributed by atoms with van der Waals surface area (Å²) in [6.45, 7) is 2.09. The number of para-hydroxylation sites is 2. The third kappa shape index (κ3) is 2.00. The normalized spacial score (nSPS) is 11.3. The predicted molar refractivity (Wildman–Crippen MR) is 91.6 cm³/mol. The monoisotopic (exact) mass is 304 g/mol. The molecule has 2 aromatic carbocycles. The Balaban J connectivity index is 2.11. The molecule has 0 aliphatic rings. The summed E-state index contributed by atoms with van der Waals surface area (Å²) in [5.41, 5.74) is 5.14. The van der Waals surface area contributed by atoms with Gasteiger partial charge in [0.15, 0.2) is 0 Å². The van der Waals surface area contributed by atoms with Crippen molar-refractivity contribution in [1.82, 2.24) is 0 Å². The Labute approximate surface area is 134 Å². The predicted octanol–water partition coefficient (Wildman–Crippen LogP) is 4.39. The van der Waals surface area contributed by atoms with Crippen LogP contribution < -0.4 is 9.30 Å². The fourth-order valence-corrected chi connectivity index (χ4v) is 3.16. The summed E-state index contributed by atoms with van der Waals surface area (Å²) in [6.07, 6.45) is 0. The van der Waals surface area contributed by atoms with E-state index < -0.39 is 0 Å². The molecule has 0 spiro atoms. The number of pyridine rings is 1. The first-order chi connectivity index (χ1) is 11.2. The number of aromatic nitrogens is 1. The van der Waals surface area contributed by atoms with Crippen LogP contribution in [0.4, 0.5) is 0 Å². The maximum Gasteiger partial charge on any atom is 0.222 e. The van der Waals surface area contributed by atoms with Crippen molar-refractivity contribution in [2.24, 2.45) is 7.05 Å². The molecule has 114 valence electrons. The number of nitrogens with zero attached hydrogens (tertiary/aromatic N) is 1. The van der Waals surface area contributed by atoms with Gasteiger partial charge in [-0.15, -0.1) is 0 Å². The van der Waals surface area contributed by atoms with Gasteiger partial charge in [-0.05, 0) is 18.2 Å². The minimum atomic E-state index is 0.870. The van der Waals surface area contributed by atoms with Gasteiger partial charge in [0.05, 0.1) is 12.7 Å². The van der Waals surface area contributed by atoms with E-state index in [-0.39, 0.29) is 0 Å². The average Bonchev–Trinajstić information content (AvgIpc) is 2.97. The molecule has 0 fully saturated rings. The smallest absolute Gasteiger partial charge is 0.222 e. The van der Waals surface area contributed by atoms with Gasteiger partial charge in [-0.25, -0.2) is 0 Å². The number of rotatable bonds is 2. The molecule has 2 aromatic heterocycles. The number of methoxy groups -OCH3 is 1. The molecule has 2 heterocycles. The molecular weight excluding hydrogens is 286 g/mol. The van der Waals surface area contributed by atoms with E-state index in [1.54, 1.807) is 7.11 Å². The molecule has 4 aromatic rings. The number of hydrogen-bond donors (Lipinski definition) is 0. The van der Waals surface area contributed by atoms with E-state index in [1.165, 1.54) is 0 Å². The highest BCUT2D eigenvalue weighted by molar-refractivity contribution is 6.06. The largest absolute Gasteiger partial charge is 0.496 e. The second-order valence-corrected chi connectivity index (χ2v) is 5.72. The van der Waals surface area contributed by atoms with Crippen molar-refractivity contribution in [3.63, 3.8) is 0 Å². The lowest BCUT2D eigenvalue weighted by Crippen LogP contribution is -2.34. The van der Waals surface area contributed by atoms with Crippen molar-refractivity contribution in [3.8, 4) is 17.0 Å². The highest BCUT2D eigenvalue weighted by Crippen LogP contribution is 2.34. The first-order valence-electron chi connectivity index (χ1n) is 7.65. The van der Waals surface area contributed by atoms with Crippen molar-refractivity contribution < 1.29 is 13.7 Å². The molecule has 3 nitrogen and oxygen atoms in total. The number of ether oxygens (including phenoxy) is 1. The quantitative estimate of drug-likeness (QED) is 0.513. The topological polar surface area (TPSA) is 26.2 Å². The van der Waals surface area contributed by atoms with Crippen LogP contribution in [-0.4, -0.2) is 7.11 Å². The van der Waals surface area contributed by atoms with Crippen LogP contribution in [0.1, 0.15) is 5.69 Å². The first-order valence-corrected chi connectivity index (χ1v) is 7.65. The van der Waals surface area contributed by atoms with Gasteiger partial charge in [-0.3, -0.25) is 0 Å². The van der Waals surface area contributed by atoms with E-state index in [9.17, 15) is 0 Å². The summed E-state index contributed by atoms with van der Waals surface area (Å²) in [5, 5.41) is 2.28. The zero-order chi connectivity index (χ0) is 16.0. The van der Waals surface area contributed by atoms with Crippen molar-refractivity contribution in [3.05, 3.63) is 60.3 Å². The van der Waals surface area contributed by atoms with Gasteiger partial charge in [-0.2, -0.15) is 4.57 Å². The Morgan fingerprint density at radius 3 is 2.52 bits per heavy atom. The van der Waals surface area contributed by atoms with Crippen LogP contribution in [0.25, 0.3) is 33.2 Å². The van der Waals surface area contributed by atoms with E-state index in [4.69, 9.17) is 9.15 Å². The molecule has 0 unspecified atom stereocenters. The second-order valence-electron chi connectivity index (χ2n) is 5.72. The molecular formula is C20H18NO2+. The first kappa shape index (κ1) is 13.8. The van der Waals surface area contributed by atoms with Crippen molar-refractivity contribution in [2.45, 2.75) is 6.92 Å². The zero-order valence-electron chi connectivity index (χ0n) is 13.5. The van der Waals surface area contributed by atoms with Crippen LogP contribution in [0, 0.1) is 6.92 Å². The van der Waals surface area contributed by atoms with Gasteiger partial charge in [-0.1, -0.05) is 30.3 Å². The second kappa shape index (κ2) is 5.13.